The second kappa shape index (κ2) is 14.8. The average Bonchev–Trinajstić information content (AvgIpc) is 3.36. The number of carboxylic acids is 1. The Morgan fingerprint density at radius 3 is 2.16 bits per heavy atom. The molecule has 43 heavy (non-hydrogen) atoms. The Balaban J connectivity index is 1.71. The molecule has 4 amide bonds. The molecule has 3 aromatic rings. The predicted molar refractivity (Wildman–Crippen MR) is 155 cm³/mol. The summed E-state index contributed by atoms with van der Waals surface area (Å²) in [5.74, 6) is -4.68. The molecule has 2 aromatic carbocycles. The maximum Gasteiger partial charge on any atom is 0.326 e. The van der Waals surface area contributed by atoms with Gasteiger partial charge in [0, 0.05) is 29.9 Å². The highest BCUT2D eigenvalue weighted by Gasteiger charge is 2.33. The van der Waals surface area contributed by atoms with Crippen molar-refractivity contribution in [1.29, 1.82) is 0 Å². The number of aromatic hydroxyl groups is 1. The van der Waals surface area contributed by atoms with Crippen molar-refractivity contribution in [3.05, 3.63) is 65.9 Å². The van der Waals surface area contributed by atoms with Crippen LogP contribution in [0.15, 0.2) is 54.7 Å². The molecule has 11 N–H and O–H groups in total. The van der Waals surface area contributed by atoms with Gasteiger partial charge >= 0.3 is 5.97 Å². The van der Waals surface area contributed by atoms with Crippen molar-refractivity contribution >= 4 is 40.5 Å². The van der Waals surface area contributed by atoms with Crippen molar-refractivity contribution in [3.63, 3.8) is 0 Å². The maximum atomic E-state index is 13.2. The minimum atomic E-state index is -1.54. The first-order valence-electron chi connectivity index (χ1n) is 13.5. The molecule has 0 radical (unpaired) electrons. The number of carboxylic acid groups (broad SMARTS) is 1. The van der Waals surface area contributed by atoms with Crippen LogP contribution in [0.1, 0.15) is 30.9 Å². The number of H-pyrrole nitrogens is 1. The van der Waals surface area contributed by atoms with E-state index in [2.05, 4.69) is 20.9 Å². The fraction of sp³-hybridized carbons (Fsp3) is 0.345. The molecule has 0 aliphatic heterocycles. The van der Waals surface area contributed by atoms with Gasteiger partial charge in [0.1, 0.15) is 23.9 Å². The molecule has 3 rings (SSSR count). The molecule has 0 aliphatic rings. The normalized spacial score (nSPS) is 14.6. The monoisotopic (exact) mass is 596 g/mol. The zero-order valence-corrected chi connectivity index (χ0v) is 23.4. The van der Waals surface area contributed by atoms with Gasteiger partial charge in [-0.1, -0.05) is 30.3 Å². The molecule has 5 unspecified atom stereocenters. The average molecular weight is 597 g/mol. The van der Waals surface area contributed by atoms with E-state index in [1.54, 1.807) is 30.5 Å². The lowest BCUT2D eigenvalue weighted by molar-refractivity contribution is -0.142. The minimum absolute atomic E-state index is 0.0372. The van der Waals surface area contributed by atoms with Crippen molar-refractivity contribution in [2.24, 2.45) is 11.5 Å². The van der Waals surface area contributed by atoms with Crippen molar-refractivity contribution in [2.45, 2.75) is 62.9 Å². The van der Waals surface area contributed by atoms with Crippen LogP contribution < -0.4 is 27.4 Å². The molecule has 0 aliphatic carbocycles. The third-order valence-corrected chi connectivity index (χ3v) is 6.82. The van der Waals surface area contributed by atoms with Gasteiger partial charge in [-0.15, -0.1) is 0 Å². The van der Waals surface area contributed by atoms with Gasteiger partial charge in [0.15, 0.2) is 0 Å². The number of para-hydroxylation sites is 1. The predicted octanol–water partition coefficient (Wildman–Crippen LogP) is -0.829. The summed E-state index contributed by atoms with van der Waals surface area (Å²) in [4.78, 5) is 65.7. The summed E-state index contributed by atoms with van der Waals surface area (Å²) in [5.41, 5.74) is 13.3. The van der Waals surface area contributed by atoms with Crippen LogP contribution in [0.25, 0.3) is 10.9 Å². The molecule has 0 saturated heterocycles. The summed E-state index contributed by atoms with van der Waals surface area (Å²) in [5, 5.41) is 37.4. The number of nitrogens with one attached hydrogen (secondary N) is 4. The summed E-state index contributed by atoms with van der Waals surface area (Å²) in [6, 6.07) is 7.78. The number of benzene rings is 2. The van der Waals surface area contributed by atoms with E-state index in [1.165, 1.54) is 19.1 Å². The summed E-state index contributed by atoms with van der Waals surface area (Å²) in [7, 11) is 0. The number of primary amides is 1. The lowest BCUT2D eigenvalue weighted by atomic mass is 10.0. The van der Waals surface area contributed by atoms with E-state index >= 15 is 0 Å². The van der Waals surface area contributed by atoms with Gasteiger partial charge in [0.25, 0.3) is 0 Å². The number of aromatic nitrogens is 1. The molecule has 14 heteroatoms. The Morgan fingerprint density at radius 2 is 1.53 bits per heavy atom. The number of aliphatic hydroxyl groups is 1. The van der Waals surface area contributed by atoms with Gasteiger partial charge in [-0.25, -0.2) is 4.79 Å². The zero-order chi connectivity index (χ0) is 31.7. The number of phenolic OH excluding ortho intramolecular Hbond substituents is 1. The van der Waals surface area contributed by atoms with Crippen LogP contribution in [0, 0.1) is 0 Å². The van der Waals surface area contributed by atoms with Crippen LogP contribution in [0.3, 0.4) is 0 Å². The Morgan fingerprint density at radius 1 is 0.884 bits per heavy atom. The zero-order valence-electron chi connectivity index (χ0n) is 23.4. The molecule has 1 heterocycles. The third kappa shape index (κ3) is 9.28. The fourth-order valence-electron chi connectivity index (χ4n) is 4.45. The number of aromatic amines is 1. The Hall–Kier alpha value is -4.95. The highest BCUT2D eigenvalue weighted by Crippen LogP contribution is 2.19. The quantitative estimate of drug-likeness (QED) is 0.106. The number of hydrogen-bond acceptors (Lipinski definition) is 8. The van der Waals surface area contributed by atoms with E-state index in [-0.39, 0.29) is 31.4 Å². The van der Waals surface area contributed by atoms with E-state index in [1.807, 2.05) is 12.1 Å². The van der Waals surface area contributed by atoms with Crippen LogP contribution in [-0.2, 0) is 36.8 Å². The number of carbonyl (C=O) groups is 5. The molecule has 1 aromatic heterocycles. The summed E-state index contributed by atoms with van der Waals surface area (Å²) in [6.45, 7) is 1.25. The number of amides is 4. The molecule has 0 bridgehead atoms. The van der Waals surface area contributed by atoms with Crippen LogP contribution in [-0.4, -0.2) is 80.2 Å². The number of phenols is 1. The lowest BCUT2D eigenvalue weighted by Crippen LogP contribution is -2.60. The number of nitrogens with two attached hydrogens (primary N) is 2. The summed E-state index contributed by atoms with van der Waals surface area (Å²) < 4.78 is 0. The number of rotatable bonds is 15. The molecule has 230 valence electrons. The van der Waals surface area contributed by atoms with E-state index in [4.69, 9.17) is 11.5 Å². The van der Waals surface area contributed by atoms with Gasteiger partial charge in [-0.3, -0.25) is 19.2 Å². The second-order valence-electron chi connectivity index (χ2n) is 10.2. The van der Waals surface area contributed by atoms with Crippen LogP contribution >= 0.6 is 0 Å². The van der Waals surface area contributed by atoms with Crippen LogP contribution in [0.4, 0.5) is 0 Å². The molecule has 5 atom stereocenters. The van der Waals surface area contributed by atoms with Crippen molar-refractivity contribution in [2.75, 3.05) is 0 Å². The summed E-state index contributed by atoms with van der Waals surface area (Å²) in [6.07, 6.45) is -0.376. The van der Waals surface area contributed by atoms with Gasteiger partial charge in [-0.05, 0) is 49.1 Å². The standard InChI is InChI=1S/C29H36N6O8/c1-15(36)25(35-26(39)20(30)12-16-6-8-18(37)9-7-16)28(41)33-22(10-11-24(31)38)27(40)34-23(29(42)43)13-17-14-32-21-5-3-2-4-19(17)21/h2-9,14-15,20,22-23,25,32,36-37H,10-13,30H2,1H3,(H2,31,38)(H,33,41)(H,34,40)(H,35,39)(H,42,43). The first-order valence-corrected chi connectivity index (χ1v) is 13.5. The number of aliphatic carboxylic acids is 1. The second-order valence-corrected chi connectivity index (χ2v) is 10.2. The Bertz CT molecular complexity index is 1450. The topological polar surface area (TPSA) is 250 Å². The fourth-order valence-corrected chi connectivity index (χ4v) is 4.45. The number of carbonyl (C=O) groups excluding carboxylic acids is 4. The first kappa shape index (κ1) is 32.6. The van der Waals surface area contributed by atoms with Crippen molar-refractivity contribution in [1.82, 2.24) is 20.9 Å². The van der Waals surface area contributed by atoms with Gasteiger partial charge in [-0.2, -0.15) is 0 Å². The van der Waals surface area contributed by atoms with Crippen LogP contribution in [0.5, 0.6) is 5.75 Å². The molecule has 0 spiro atoms. The van der Waals surface area contributed by atoms with E-state index < -0.39 is 59.9 Å². The van der Waals surface area contributed by atoms with Gasteiger partial charge in [0.05, 0.1) is 12.1 Å². The number of aliphatic hydroxyl groups excluding tert-OH is 1. The minimum Gasteiger partial charge on any atom is -0.508 e. The van der Waals surface area contributed by atoms with E-state index in [0.29, 0.717) is 11.1 Å². The molecule has 14 nitrogen and oxygen atoms in total. The lowest BCUT2D eigenvalue weighted by Gasteiger charge is -2.26. The molecule has 0 saturated carbocycles. The van der Waals surface area contributed by atoms with Crippen molar-refractivity contribution < 1.29 is 39.3 Å². The van der Waals surface area contributed by atoms with Gasteiger partial charge < -0.3 is 47.7 Å². The van der Waals surface area contributed by atoms with E-state index in [9.17, 15) is 39.3 Å². The largest absolute Gasteiger partial charge is 0.508 e. The Kier molecular flexibility index (Phi) is 11.2. The molecule has 0 fully saturated rings. The number of hydrogen-bond donors (Lipinski definition) is 9. The summed E-state index contributed by atoms with van der Waals surface area (Å²) >= 11 is 0. The third-order valence-electron chi connectivity index (χ3n) is 6.82. The molecular formula is C29H36N6O8. The van der Waals surface area contributed by atoms with Gasteiger partial charge in [0.2, 0.25) is 23.6 Å². The maximum absolute atomic E-state index is 13.2. The number of fused-ring (bicyclic) bond motifs is 1. The highest BCUT2D eigenvalue weighted by atomic mass is 16.4. The van der Waals surface area contributed by atoms with Crippen molar-refractivity contribution in [3.8, 4) is 5.75 Å². The molecular weight excluding hydrogens is 560 g/mol. The van der Waals surface area contributed by atoms with E-state index in [0.717, 1.165) is 10.9 Å². The highest BCUT2D eigenvalue weighted by molar-refractivity contribution is 5.95. The smallest absolute Gasteiger partial charge is 0.326 e. The van der Waals surface area contributed by atoms with Crippen LogP contribution in [0.2, 0.25) is 0 Å². The Labute approximate surface area is 246 Å². The first-order chi connectivity index (χ1) is 20.3. The SMILES string of the molecule is CC(O)C(NC(=O)C(N)Cc1ccc(O)cc1)C(=O)NC(CCC(N)=O)C(=O)NC(Cc1c[nH]c2ccccc12)C(=O)O.